The lowest BCUT2D eigenvalue weighted by Gasteiger charge is -2.18. The Hall–Kier alpha value is -0.570. The van der Waals surface area contributed by atoms with Crippen LogP contribution in [0.3, 0.4) is 0 Å². The van der Waals surface area contributed by atoms with Gasteiger partial charge in [-0.2, -0.15) is 0 Å². The van der Waals surface area contributed by atoms with E-state index in [4.69, 9.17) is 34.8 Å². The number of rotatable bonds is 3. The van der Waals surface area contributed by atoms with E-state index in [0.29, 0.717) is 10.6 Å². The lowest BCUT2D eigenvalue weighted by molar-refractivity contribution is -0.141. The first kappa shape index (κ1) is 15.5. The molecule has 0 heterocycles. The molecule has 0 saturated heterocycles. The molecule has 98 valence electrons. The predicted octanol–water partition coefficient (Wildman–Crippen LogP) is 4.46. The lowest BCUT2D eigenvalue weighted by atomic mass is 9.86. The van der Waals surface area contributed by atoms with Gasteiger partial charge in [0.05, 0.1) is 0 Å². The fraction of sp³-hybridized carbons (Fsp3) is 0.385. The van der Waals surface area contributed by atoms with Crippen molar-refractivity contribution in [2.75, 3.05) is 0 Å². The Balaban J connectivity index is 3.04. The molecule has 0 aromatic heterocycles. The predicted molar refractivity (Wildman–Crippen MR) is 74.5 cm³/mol. The minimum Gasteiger partial charge on any atom is -0.290 e. The van der Waals surface area contributed by atoms with Crippen molar-refractivity contribution in [1.82, 2.24) is 0 Å². The summed E-state index contributed by atoms with van der Waals surface area (Å²) in [5.74, 6) is -1.18. The van der Waals surface area contributed by atoms with Crippen LogP contribution in [0.1, 0.15) is 31.7 Å². The van der Waals surface area contributed by atoms with E-state index in [1.165, 1.54) is 6.07 Å². The Morgan fingerprint density at radius 3 is 2.17 bits per heavy atom. The second-order valence-corrected chi connectivity index (χ2v) is 6.25. The first-order chi connectivity index (χ1) is 8.14. The third-order valence-electron chi connectivity index (χ3n) is 2.37. The molecular formula is C13H13Cl3O2. The van der Waals surface area contributed by atoms with Gasteiger partial charge in [0.2, 0.25) is 11.6 Å². The SMILES string of the molecule is CC(C)(C)C(=O)C(=O)C(Cl)c1ccc(Cl)cc1Cl. The van der Waals surface area contributed by atoms with Gasteiger partial charge >= 0.3 is 0 Å². The van der Waals surface area contributed by atoms with Gasteiger partial charge in [0, 0.05) is 15.5 Å². The molecule has 1 atom stereocenters. The molecule has 1 rings (SSSR count). The monoisotopic (exact) mass is 306 g/mol. The van der Waals surface area contributed by atoms with E-state index in [0.717, 1.165) is 0 Å². The molecule has 0 bridgehead atoms. The number of halogens is 3. The molecular weight excluding hydrogens is 294 g/mol. The van der Waals surface area contributed by atoms with Gasteiger partial charge in [-0.25, -0.2) is 0 Å². The van der Waals surface area contributed by atoms with E-state index in [1.54, 1.807) is 32.9 Å². The minimum atomic E-state index is -1.08. The summed E-state index contributed by atoms with van der Waals surface area (Å²) in [7, 11) is 0. The van der Waals surface area contributed by atoms with Crippen molar-refractivity contribution in [1.29, 1.82) is 0 Å². The normalized spacial score (nSPS) is 13.2. The van der Waals surface area contributed by atoms with Crippen molar-refractivity contribution in [3.05, 3.63) is 33.8 Å². The average Bonchev–Trinajstić information content (AvgIpc) is 2.25. The highest BCUT2D eigenvalue weighted by Gasteiger charge is 2.33. The first-order valence-electron chi connectivity index (χ1n) is 5.32. The maximum absolute atomic E-state index is 12.0. The molecule has 0 aliphatic heterocycles. The van der Waals surface area contributed by atoms with Crippen LogP contribution < -0.4 is 0 Å². The summed E-state index contributed by atoms with van der Waals surface area (Å²) >= 11 is 17.7. The fourth-order valence-corrected chi connectivity index (χ4v) is 2.20. The van der Waals surface area contributed by atoms with Crippen molar-refractivity contribution in [3.8, 4) is 0 Å². The van der Waals surface area contributed by atoms with E-state index < -0.39 is 22.4 Å². The van der Waals surface area contributed by atoms with Gasteiger partial charge < -0.3 is 0 Å². The van der Waals surface area contributed by atoms with Crippen LogP contribution in [0.25, 0.3) is 0 Å². The maximum Gasteiger partial charge on any atom is 0.221 e. The molecule has 1 unspecified atom stereocenters. The fourth-order valence-electron chi connectivity index (χ4n) is 1.33. The zero-order valence-electron chi connectivity index (χ0n) is 10.3. The number of hydrogen-bond donors (Lipinski definition) is 0. The molecule has 0 saturated carbocycles. The smallest absolute Gasteiger partial charge is 0.221 e. The molecule has 0 aliphatic rings. The quantitative estimate of drug-likeness (QED) is 0.610. The average molecular weight is 308 g/mol. The highest BCUT2D eigenvalue weighted by Crippen LogP contribution is 2.32. The Labute approximate surface area is 121 Å². The maximum atomic E-state index is 12.0. The molecule has 18 heavy (non-hydrogen) atoms. The third kappa shape index (κ3) is 3.47. The summed E-state index contributed by atoms with van der Waals surface area (Å²) in [5, 5.41) is -0.360. The number of alkyl halides is 1. The molecule has 2 nitrogen and oxygen atoms in total. The van der Waals surface area contributed by atoms with E-state index in [2.05, 4.69) is 0 Å². The van der Waals surface area contributed by atoms with E-state index in [-0.39, 0.29) is 5.02 Å². The molecule has 0 N–H and O–H groups in total. The van der Waals surface area contributed by atoms with Gasteiger partial charge in [0.25, 0.3) is 0 Å². The van der Waals surface area contributed by atoms with E-state index >= 15 is 0 Å². The Bertz CT molecular complexity index is 489. The van der Waals surface area contributed by atoms with Crippen LogP contribution >= 0.6 is 34.8 Å². The second-order valence-electron chi connectivity index (χ2n) is 4.97. The highest BCUT2D eigenvalue weighted by atomic mass is 35.5. The molecule has 0 aliphatic carbocycles. The summed E-state index contributed by atoms with van der Waals surface area (Å²) in [6.07, 6.45) is 0. The van der Waals surface area contributed by atoms with Gasteiger partial charge in [-0.3, -0.25) is 9.59 Å². The van der Waals surface area contributed by atoms with Crippen molar-refractivity contribution >= 4 is 46.4 Å². The van der Waals surface area contributed by atoms with Crippen molar-refractivity contribution in [2.45, 2.75) is 26.1 Å². The van der Waals surface area contributed by atoms with Gasteiger partial charge in [-0.15, -0.1) is 11.6 Å². The van der Waals surface area contributed by atoms with Crippen LogP contribution in [0.4, 0.5) is 0 Å². The number of benzene rings is 1. The van der Waals surface area contributed by atoms with Crippen molar-refractivity contribution in [3.63, 3.8) is 0 Å². The van der Waals surface area contributed by atoms with Gasteiger partial charge in [-0.1, -0.05) is 50.0 Å². The molecule has 0 radical (unpaired) electrons. The molecule has 1 aromatic rings. The summed E-state index contributed by atoms with van der Waals surface area (Å²) in [6.45, 7) is 5.00. The Kier molecular flexibility index (Phi) is 4.82. The largest absolute Gasteiger partial charge is 0.290 e. The number of carbonyl (C=O) groups is 2. The summed E-state index contributed by atoms with van der Waals surface area (Å²) in [6, 6.07) is 4.62. The molecule has 0 amide bonds. The molecule has 5 heteroatoms. The standard InChI is InChI=1S/C13H13Cl3O2/c1-13(2,3)12(18)11(17)10(16)8-5-4-7(14)6-9(8)15/h4-6,10H,1-3H3. The van der Waals surface area contributed by atoms with Gasteiger partial charge in [0.15, 0.2) is 0 Å². The topological polar surface area (TPSA) is 34.1 Å². The van der Waals surface area contributed by atoms with E-state index in [1.807, 2.05) is 0 Å². The first-order valence-corrected chi connectivity index (χ1v) is 6.51. The minimum absolute atomic E-state index is 0.276. The van der Waals surface area contributed by atoms with E-state index in [9.17, 15) is 9.59 Å². The third-order valence-corrected chi connectivity index (χ3v) is 3.37. The summed E-state index contributed by atoms with van der Waals surface area (Å²) < 4.78 is 0. The zero-order chi connectivity index (χ0) is 14.1. The van der Waals surface area contributed by atoms with Crippen molar-refractivity contribution in [2.24, 2.45) is 5.41 Å². The van der Waals surface area contributed by atoms with Crippen LogP contribution in [0.5, 0.6) is 0 Å². The Morgan fingerprint density at radius 1 is 1.17 bits per heavy atom. The van der Waals surface area contributed by atoms with Gasteiger partial charge in [0.1, 0.15) is 5.38 Å². The van der Waals surface area contributed by atoms with Crippen LogP contribution in [0.2, 0.25) is 10.0 Å². The molecule has 1 aromatic carbocycles. The number of Topliss-reactive ketones (excluding diaryl/α,β-unsaturated/α-hetero) is 2. The highest BCUT2D eigenvalue weighted by molar-refractivity contribution is 6.51. The van der Waals surface area contributed by atoms with Crippen LogP contribution in [0, 0.1) is 5.41 Å². The van der Waals surface area contributed by atoms with Crippen LogP contribution in [-0.2, 0) is 9.59 Å². The van der Waals surface area contributed by atoms with Crippen LogP contribution in [0.15, 0.2) is 18.2 Å². The summed E-state index contributed by atoms with van der Waals surface area (Å²) in [5.41, 5.74) is -0.367. The van der Waals surface area contributed by atoms with Crippen LogP contribution in [-0.4, -0.2) is 11.6 Å². The molecule has 0 spiro atoms. The second kappa shape index (κ2) is 5.60. The lowest BCUT2D eigenvalue weighted by Crippen LogP contribution is -2.31. The number of ketones is 2. The number of hydrogen-bond acceptors (Lipinski definition) is 2. The molecule has 0 fully saturated rings. The number of carbonyl (C=O) groups excluding carboxylic acids is 2. The Morgan fingerprint density at radius 2 is 1.72 bits per heavy atom. The zero-order valence-corrected chi connectivity index (χ0v) is 12.5. The van der Waals surface area contributed by atoms with Crippen molar-refractivity contribution < 1.29 is 9.59 Å². The summed E-state index contributed by atoms with van der Waals surface area (Å²) in [4.78, 5) is 23.8. The van der Waals surface area contributed by atoms with Gasteiger partial charge in [-0.05, 0) is 17.7 Å².